The van der Waals surface area contributed by atoms with Gasteiger partial charge in [0.2, 0.25) is 0 Å². The maximum absolute atomic E-state index is 11.3. The van der Waals surface area contributed by atoms with Crippen LogP contribution in [0.4, 0.5) is 4.79 Å². The zero-order valence-electron chi connectivity index (χ0n) is 11.3. The van der Waals surface area contributed by atoms with Crippen molar-refractivity contribution in [2.45, 2.75) is 26.1 Å². The molecule has 0 bridgehead atoms. The highest BCUT2D eigenvalue weighted by atomic mass is 127. The van der Waals surface area contributed by atoms with Crippen LogP contribution in [0.15, 0.2) is 24.3 Å². The van der Waals surface area contributed by atoms with Gasteiger partial charge in [-0.2, -0.15) is 5.10 Å². The Hall–Kier alpha value is -1.28. The smallest absolute Gasteiger partial charge is 0.407 e. The average molecular weight is 418 g/mol. The molecule has 0 saturated carbocycles. The molecule has 5 nitrogen and oxygen atoms in total. The molecule has 1 aromatic heterocycles. The molecule has 0 unspecified atom stereocenters. The molecular weight excluding hydrogens is 405 g/mol. The molecule has 0 fully saturated rings. The highest BCUT2D eigenvalue weighted by Crippen LogP contribution is 2.31. The van der Waals surface area contributed by atoms with Gasteiger partial charge >= 0.3 is 6.09 Å². The molecule has 2 heterocycles. The van der Waals surface area contributed by atoms with E-state index in [-0.39, 0.29) is 6.04 Å². The van der Waals surface area contributed by atoms with Crippen LogP contribution in [0, 0.1) is 3.57 Å². The van der Waals surface area contributed by atoms with Gasteiger partial charge < -0.3 is 5.11 Å². The Kier molecular flexibility index (Phi) is 3.83. The Morgan fingerprint density at radius 2 is 2.10 bits per heavy atom. The lowest BCUT2D eigenvalue weighted by molar-refractivity contribution is 0.105. The third kappa shape index (κ3) is 2.62. The Balaban J connectivity index is 2.02. The zero-order valence-corrected chi connectivity index (χ0v) is 14.2. The number of amides is 1. The van der Waals surface area contributed by atoms with Crippen LogP contribution in [-0.2, 0) is 13.1 Å². The van der Waals surface area contributed by atoms with Gasteiger partial charge in [0.15, 0.2) is 0 Å². The highest BCUT2D eigenvalue weighted by molar-refractivity contribution is 14.1. The van der Waals surface area contributed by atoms with Crippen LogP contribution in [0.3, 0.4) is 0 Å². The molecule has 2 aromatic rings. The molecule has 1 aliphatic heterocycles. The van der Waals surface area contributed by atoms with Gasteiger partial charge in [0.25, 0.3) is 0 Å². The number of halogens is 2. The number of hydrogen-bond acceptors (Lipinski definition) is 2. The number of fused-ring (bicyclic) bond motifs is 1. The SMILES string of the molecule is C[C@H]1Cn2nc(-c3ccc(Cl)cc3)c(I)c2CN1C(=O)O. The summed E-state index contributed by atoms with van der Waals surface area (Å²) in [6, 6.07) is 7.44. The number of aromatic nitrogens is 2. The summed E-state index contributed by atoms with van der Waals surface area (Å²) in [5.41, 5.74) is 2.81. The van der Waals surface area contributed by atoms with Gasteiger partial charge in [0.1, 0.15) is 5.69 Å². The topological polar surface area (TPSA) is 58.4 Å². The molecule has 1 amide bonds. The maximum atomic E-state index is 11.3. The molecular formula is C14H13ClIN3O2. The summed E-state index contributed by atoms with van der Waals surface area (Å²) in [6.45, 7) is 2.84. The monoisotopic (exact) mass is 417 g/mol. The largest absolute Gasteiger partial charge is 0.465 e. The fourth-order valence-electron chi connectivity index (χ4n) is 2.49. The predicted octanol–water partition coefficient (Wildman–Crippen LogP) is 3.69. The van der Waals surface area contributed by atoms with Gasteiger partial charge in [0, 0.05) is 10.6 Å². The number of nitrogens with zero attached hydrogens (tertiary/aromatic N) is 3. The Bertz CT molecular complexity index is 699. The van der Waals surface area contributed by atoms with E-state index in [1.165, 1.54) is 4.90 Å². The van der Waals surface area contributed by atoms with Crippen LogP contribution >= 0.6 is 34.2 Å². The first-order valence-corrected chi connectivity index (χ1v) is 7.93. The summed E-state index contributed by atoms with van der Waals surface area (Å²) in [5.74, 6) is 0. The van der Waals surface area contributed by atoms with Crippen LogP contribution in [0.1, 0.15) is 12.6 Å². The lowest BCUT2D eigenvalue weighted by Gasteiger charge is -2.31. The zero-order chi connectivity index (χ0) is 15.1. The minimum atomic E-state index is -0.890. The normalized spacial score (nSPS) is 17.7. The third-order valence-electron chi connectivity index (χ3n) is 3.65. The minimum Gasteiger partial charge on any atom is -0.465 e. The summed E-state index contributed by atoms with van der Waals surface area (Å²) < 4.78 is 2.91. The quantitative estimate of drug-likeness (QED) is 0.720. The number of hydrogen-bond donors (Lipinski definition) is 1. The molecule has 0 spiro atoms. The maximum Gasteiger partial charge on any atom is 0.407 e. The van der Waals surface area contributed by atoms with E-state index in [0.717, 1.165) is 20.5 Å². The number of carbonyl (C=O) groups is 1. The van der Waals surface area contributed by atoms with E-state index >= 15 is 0 Å². The molecule has 7 heteroatoms. The van der Waals surface area contributed by atoms with Gasteiger partial charge in [-0.15, -0.1) is 0 Å². The first kappa shape index (κ1) is 14.6. The van der Waals surface area contributed by atoms with Crippen LogP contribution in [0.25, 0.3) is 11.3 Å². The molecule has 0 radical (unpaired) electrons. The van der Waals surface area contributed by atoms with E-state index in [0.29, 0.717) is 18.1 Å². The molecule has 0 aliphatic carbocycles. The van der Waals surface area contributed by atoms with Crippen LogP contribution in [0.2, 0.25) is 5.02 Å². The second kappa shape index (κ2) is 5.49. The Morgan fingerprint density at radius 1 is 1.43 bits per heavy atom. The van der Waals surface area contributed by atoms with Crippen molar-refractivity contribution in [3.8, 4) is 11.3 Å². The summed E-state index contributed by atoms with van der Waals surface area (Å²) in [5, 5.41) is 14.6. The summed E-state index contributed by atoms with van der Waals surface area (Å²) in [6.07, 6.45) is -0.890. The van der Waals surface area contributed by atoms with E-state index in [4.69, 9.17) is 11.6 Å². The van der Waals surface area contributed by atoms with Crippen LogP contribution in [-0.4, -0.2) is 31.9 Å². The summed E-state index contributed by atoms with van der Waals surface area (Å²) >= 11 is 8.15. The average Bonchev–Trinajstić information content (AvgIpc) is 2.75. The van der Waals surface area contributed by atoms with E-state index in [1.54, 1.807) is 0 Å². The van der Waals surface area contributed by atoms with Crippen molar-refractivity contribution in [3.63, 3.8) is 0 Å². The van der Waals surface area contributed by atoms with Gasteiger partial charge in [-0.1, -0.05) is 23.7 Å². The molecule has 21 heavy (non-hydrogen) atoms. The molecule has 110 valence electrons. The third-order valence-corrected chi connectivity index (χ3v) is 5.03. The lowest BCUT2D eigenvalue weighted by atomic mass is 10.1. The predicted molar refractivity (Wildman–Crippen MR) is 88.4 cm³/mol. The highest BCUT2D eigenvalue weighted by Gasteiger charge is 2.30. The molecule has 3 rings (SSSR count). The van der Waals surface area contributed by atoms with Gasteiger partial charge in [-0.05, 0) is 41.6 Å². The summed E-state index contributed by atoms with van der Waals surface area (Å²) in [7, 11) is 0. The fourth-order valence-corrected chi connectivity index (χ4v) is 3.49. The number of carboxylic acid groups (broad SMARTS) is 1. The van der Waals surface area contributed by atoms with Gasteiger partial charge in [0.05, 0.1) is 28.4 Å². The first-order valence-electron chi connectivity index (χ1n) is 6.48. The van der Waals surface area contributed by atoms with Crippen molar-refractivity contribution in [2.75, 3.05) is 0 Å². The molecule has 1 aromatic carbocycles. The van der Waals surface area contributed by atoms with Crippen molar-refractivity contribution >= 4 is 40.3 Å². The van der Waals surface area contributed by atoms with E-state index < -0.39 is 6.09 Å². The summed E-state index contributed by atoms with van der Waals surface area (Å²) in [4.78, 5) is 12.7. The van der Waals surface area contributed by atoms with Crippen molar-refractivity contribution in [2.24, 2.45) is 0 Å². The van der Waals surface area contributed by atoms with Crippen LogP contribution in [0.5, 0.6) is 0 Å². The van der Waals surface area contributed by atoms with E-state index in [9.17, 15) is 9.90 Å². The molecule has 0 saturated heterocycles. The van der Waals surface area contributed by atoms with Gasteiger partial charge in [-0.3, -0.25) is 9.58 Å². The number of benzene rings is 1. The second-order valence-electron chi connectivity index (χ2n) is 5.06. The lowest BCUT2D eigenvalue weighted by Crippen LogP contribution is -2.44. The molecule has 1 aliphatic rings. The number of rotatable bonds is 1. The fraction of sp³-hybridized carbons (Fsp3) is 0.286. The minimum absolute atomic E-state index is 0.0798. The second-order valence-corrected chi connectivity index (χ2v) is 6.57. The molecule has 1 N–H and O–H groups in total. The van der Waals surface area contributed by atoms with Gasteiger partial charge in [-0.25, -0.2) is 4.79 Å². The Labute approximate surface area is 140 Å². The first-order chi connectivity index (χ1) is 9.97. The van der Waals surface area contributed by atoms with Crippen molar-refractivity contribution in [1.82, 2.24) is 14.7 Å². The van der Waals surface area contributed by atoms with E-state index in [2.05, 4.69) is 27.7 Å². The van der Waals surface area contributed by atoms with Crippen molar-refractivity contribution in [1.29, 1.82) is 0 Å². The van der Waals surface area contributed by atoms with E-state index in [1.807, 2.05) is 35.9 Å². The van der Waals surface area contributed by atoms with Crippen molar-refractivity contribution < 1.29 is 9.90 Å². The molecule has 1 atom stereocenters. The Morgan fingerprint density at radius 3 is 2.71 bits per heavy atom. The standard InChI is InChI=1S/C14H13ClIN3O2/c1-8-6-19-11(7-18(8)14(20)21)12(16)13(17-19)9-2-4-10(15)5-3-9/h2-5,8H,6-7H2,1H3,(H,20,21)/t8-/m0/s1. The van der Waals surface area contributed by atoms with Crippen LogP contribution < -0.4 is 0 Å². The van der Waals surface area contributed by atoms with Crippen molar-refractivity contribution in [3.05, 3.63) is 38.6 Å².